The highest BCUT2D eigenvalue weighted by Crippen LogP contribution is 2.30. The van der Waals surface area contributed by atoms with Gasteiger partial charge in [0.1, 0.15) is 0 Å². The second-order valence-corrected chi connectivity index (χ2v) is 9.18. The summed E-state index contributed by atoms with van der Waals surface area (Å²) in [6.07, 6.45) is 8.08. The van der Waals surface area contributed by atoms with E-state index in [4.69, 9.17) is 15.0 Å². The topological polar surface area (TPSA) is 106 Å². The van der Waals surface area contributed by atoms with Crippen molar-refractivity contribution in [3.8, 4) is 17.3 Å². The van der Waals surface area contributed by atoms with Gasteiger partial charge < -0.3 is 10.1 Å². The summed E-state index contributed by atoms with van der Waals surface area (Å²) in [6, 6.07) is 9.75. The fourth-order valence-electron chi connectivity index (χ4n) is 4.37. The Labute approximate surface area is 200 Å². The molecule has 1 N–H and O–H groups in total. The Morgan fingerprint density at radius 3 is 2.62 bits per heavy atom. The number of nitriles is 1. The van der Waals surface area contributed by atoms with Crippen LogP contribution in [0.1, 0.15) is 62.0 Å². The molecule has 0 spiro atoms. The number of aromatic nitrogens is 4. The van der Waals surface area contributed by atoms with Crippen molar-refractivity contribution in [3.63, 3.8) is 0 Å². The van der Waals surface area contributed by atoms with E-state index in [9.17, 15) is 4.79 Å². The number of carbonyl (C=O) groups excluding carboxylic acids is 1. The second-order valence-electron chi connectivity index (χ2n) is 9.18. The molecule has 4 rings (SSSR count). The predicted octanol–water partition coefficient (Wildman–Crippen LogP) is 5.25. The molecule has 8 heteroatoms. The Balaban J connectivity index is 1.48. The van der Waals surface area contributed by atoms with Crippen molar-refractivity contribution < 1.29 is 9.53 Å². The van der Waals surface area contributed by atoms with Gasteiger partial charge in [0.05, 0.1) is 47.8 Å². The van der Waals surface area contributed by atoms with Crippen LogP contribution >= 0.6 is 0 Å². The smallest absolute Gasteiger partial charge is 0.227 e. The zero-order valence-corrected chi connectivity index (χ0v) is 20.0. The summed E-state index contributed by atoms with van der Waals surface area (Å²) >= 11 is 0. The van der Waals surface area contributed by atoms with E-state index in [0.29, 0.717) is 17.6 Å². The van der Waals surface area contributed by atoms with E-state index in [1.807, 2.05) is 29.9 Å². The lowest BCUT2D eigenvalue weighted by Gasteiger charge is -2.32. The lowest BCUT2D eigenvalue weighted by Crippen LogP contribution is -2.31. The molecule has 1 fully saturated rings. The molecule has 1 aliphatic heterocycles. The van der Waals surface area contributed by atoms with Crippen LogP contribution in [0.3, 0.4) is 0 Å². The number of hydrogen-bond acceptors (Lipinski definition) is 7. The molecule has 176 valence electrons. The van der Waals surface area contributed by atoms with Gasteiger partial charge in [-0.05, 0) is 46.1 Å². The average Bonchev–Trinajstić information content (AvgIpc) is 3.28. The van der Waals surface area contributed by atoms with Crippen LogP contribution in [0.5, 0.6) is 0 Å². The van der Waals surface area contributed by atoms with Crippen molar-refractivity contribution >= 4 is 17.4 Å². The van der Waals surface area contributed by atoms with Gasteiger partial charge in [0, 0.05) is 29.9 Å². The molecule has 4 atom stereocenters. The first-order valence-electron chi connectivity index (χ1n) is 11.7. The van der Waals surface area contributed by atoms with Crippen LogP contribution in [0, 0.1) is 24.2 Å². The summed E-state index contributed by atoms with van der Waals surface area (Å²) in [5.41, 5.74) is 4.05. The normalized spacial score (nSPS) is 21.0. The third-order valence-electron chi connectivity index (χ3n) is 6.07. The van der Waals surface area contributed by atoms with Crippen molar-refractivity contribution in [1.29, 1.82) is 5.26 Å². The quantitative estimate of drug-likeness (QED) is 0.482. The van der Waals surface area contributed by atoms with Crippen LogP contribution in [0.2, 0.25) is 0 Å². The first-order valence-corrected chi connectivity index (χ1v) is 11.7. The molecule has 3 aromatic rings. The number of rotatable bonds is 7. The maximum atomic E-state index is 12.3. The Morgan fingerprint density at radius 2 is 1.94 bits per heavy atom. The summed E-state index contributed by atoms with van der Waals surface area (Å²) in [4.78, 5) is 21.5. The largest absolute Gasteiger partial charge is 0.375 e. The molecule has 1 saturated heterocycles. The van der Waals surface area contributed by atoms with Crippen LogP contribution in [-0.4, -0.2) is 37.7 Å². The second kappa shape index (κ2) is 10.1. The minimum Gasteiger partial charge on any atom is -0.375 e. The van der Waals surface area contributed by atoms with Gasteiger partial charge in [-0.2, -0.15) is 10.4 Å². The number of nitrogens with zero attached hydrogens (tertiary/aromatic N) is 5. The number of benzene rings is 1. The van der Waals surface area contributed by atoms with Gasteiger partial charge in [0.15, 0.2) is 5.78 Å². The summed E-state index contributed by atoms with van der Waals surface area (Å²) in [7, 11) is 0. The molecule has 34 heavy (non-hydrogen) atoms. The molecule has 1 aliphatic rings. The van der Waals surface area contributed by atoms with Gasteiger partial charge in [0.2, 0.25) is 5.95 Å². The van der Waals surface area contributed by atoms with Gasteiger partial charge >= 0.3 is 0 Å². The molecule has 0 bridgehead atoms. The standard InChI is InChI=1S/C26H30N6O2/c1-16(12-27)9-24(33)20-5-7-21(8-6-20)25-17(2)13-28-26(31-25)30-22-14-29-32(15-22)23-10-18(3)34-19(4)11-23/h5-8,13-16,18-19,23H,9-11H2,1-4H3,(H,28,30,31)/t16-,18-,19+,23?/m1/s1. The summed E-state index contributed by atoms with van der Waals surface area (Å²) in [5.74, 6) is 0.150. The van der Waals surface area contributed by atoms with Gasteiger partial charge in [0.25, 0.3) is 0 Å². The van der Waals surface area contributed by atoms with E-state index in [1.54, 1.807) is 31.5 Å². The van der Waals surface area contributed by atoms with E-state index in [2.05, 4.69) is 35.3 Å². The van der Waals surface area contributed by atoms with Crippen LogP contribution in [0.4, 0.5) is 11.6 Å². The molecule has 2 aromatic heterocycles. The fraction of sp³-hybridized carbons (Fsp3) is 0.423. The SMILES string of the molecule is Cc1cnc(Nc2cnn(C3C[C@@H](C)O[C@@H](C)C3)c2)nc1-c1ccc(C(=O)C[C@@H](C)C#N)cc1. The zero-order valence-electron chi connectivity index (χ0n) is 20.0. The lowest BCUT2D eigenvalue weighted by atomic mass is 9.99. The number of ether oxygens (including phenoxy) is 1. The number of ketones is 1. The highest BCUT2D eigenvalue weighted by molar-refractivity contribution is 5.96. The van der Waals surface area contributed by atoms with Crippen LogP contribution in [0.25, 0.3) is 11.3 Å². The minimum absolute atomic E-state index is 0.0345. The number of aryl methyl sites for hydroxylation is 1. The number of anilines is 2. The van der Waals surface area contributed by atoms with Gasteiger partial charge in [-0.25, -0.2) is 9.97 Å². The molecule has 0 radical (unpaired) electrons. The lowest BCUT2D eigenvalue weighted by molar-refractivity contribution is -0.0506. The summed E-state index contributed by atoms with van der Waals surface area (Å²) in [6.45, 7) is 7.90. The average molecular weight is 459 g/mol. The summed E-state index contributed by atoms with van der Waals surface area (Å²) in [5, 5.41) is 16.7. The maximum Gasteiger partial charge on any atom is 0.227 e. The van der Waals surface area contributed by atoms with Gasteiger partial charge in [-0.3, -0.25) is 9.48 Å². The Kier molecular flexibility index (Phi) is 7.03. The van der Waals surface area contributed by atoms with E-state index >= 15 is 0 Å². The van der Waals surface area contributed by atoms with Gasteiger partial charge in [-0.1, -0.05) is 24.3 Å². The molecular formula is C26H30N6O2. The van der Waals surface area contributed by atoms with Crippen LogP contribution in [-0.2, 0) is 4.74 Å². The van der Waals surface area contributed by atoms with E-state index < -0.39 is 0 Å². The van der Waals surface area contributed by atoms with Crippen molar-refractivity contribution in [2.24, 2.45) is 5.92 Å². The molecule has 0 saturated carbocycles. The monoisotopic (exact) mass is 458 g/mol. The van der Waals surface area contributed by atoms with Crippen molar-refractivity contribution in [1.82, 2.24) is 19.7 Å². The van der Waals surface area contributed by atoms with Crippen molar-refractivity contribution in [2.75, 3.05) is 5.32 Å². The number of hydrogen-bond donors (Lipinski definition) is 1. The van der Waals surface area contributed by atoms with Crippen LogP contribution < -0.4 is 5.32 Å². The predicted molar refractivity (Wildman–Crippen MR) is 130 cm³/mol. The summed E-state index contributed by atoms with van der Waals surface area (Å²) < 4.78 is 7.84. The van der Waals surface area contributed by atoms with Gasteiger partial charge in [-0.15, -0.1) is 0 Å². The first-order chi connectivity index (χ1) is 16.3. The maximum absolute atomic E-state index is 12.3. The molecular weight excluding hydrogens is 428 g/mol. The molecule has 1 aromatic carbocycles. The third-order valence-corrected chi connectivity index (χ3v) is 6.07. The molecule has 8 nitrogen and oxygen atoms in total. The minimum atomic E-state index is -0.299. The van der Waals surface area contributed by atoms with E-state index in [-0.39, 0.29) is 30.3 Å². The van der Waals surface area contributed by atoms with Crippen molar-refractivity contribution in [3.05, 3.63) is 54.0 Å². The van der Waals surface area contributed by atoms with E-state index in [1.165, 1.54) is 0 Å². The highest BCUT2D eigenvalue weighted by atomic mass is 16.5. The first kappa shape index (κ1) is 23.6. The number of nitrogens with one attached hydrogen (secondary N) is 1. The Bertz CT molecular complexity index is 1190. The van der Waals surface area contributed by atoms with Crippen molar-refractivity contribution in [2.45, 2.75) is 65.2 Å². The molecule has 0 aliphatic carbocycles. The Hall–Kier alpha value is -3.57. The Morgan fingerprint density at radius 1 is 1.24 bits per heavy atom. The fourth-order valence-corrected chi connectivity index (χ4v) is 4.37. The van der Waals surface area contributed by atoms with E-state index in [0.717, 1.165) is 35.3 Å². The molecule has 1 unspecified atom stereocenters. The highest BCUT2D eigenvalue weighted by Gasteiger charge is 2.26. The molecule has 3 heterocycles. The third kappa shape index (κ3) is 5.49. The number of carbonyl (C=O) groups is 1. The number of Topliss-reactive ketones (excluding diaryl/α,β-unsaturated/α-hetero) is 1. The van der Waals surface area contributed by atoms with Crippen LogP contribution in [0.15, 0.2) is 42.9 Å². The molecule has 0 amide bonds. The zero-order chi connectivity index (χ0) is 24.2.